The van der Waals surface area contributed by atoms with Crippen molar-refractivity contribution in [2.45, 2.75) is 85.2 Å². The fourth-order valence-electron chi connectivity index (χ4n) is 3.50. The second-order valence-corrected chi connectivity index (χ2v) is 8.85. The quantitative estimate of drug-likeness (QED) is 0.645. The Morgan fingerprint density at radius 1 is 1.19 bits per heavy atom. The molecule has 1 heterocycles. The van der Waals surface area contributed by atoms with Crippen LogP contribution < -0.4 is 0 Å². The number of hydrogen-bond acceptors (Lipinski definition) is 5. The number of amides is 1. The van der Waals surface area contributed by atoms with E-state index in [1.165, 1.54) is 0 Å². The molecule has 0 aliphatic carbocycles. The second kappa shape index (κ2) is 9.70. The minimum absolute atomic E-state index is 0.116. The van der Waals surface area contributed by atoms with Crippen molar-refractivity contribution in [1.29, 1.82) is 0 Å². The molecule has 3 unspecified atom stereocenters. The van der Waals surface area contributed by atoms with Gasteiger partial charge in [0.05, 0.1) is 18.2 Å². The van der Waals surface area contributed by atoms with Gasteiger partial charge in [-0.15, -0.1) is 0 Å². The second-order valence-electron chi connectivity index (χ2n) is 8.85. The zero-order chi connectivity index (χ0) is 20.1. The van der Waals surface area contributed by atoms with Gasteiger partial charge in [-0.3, -0.25) is 14.5 Å². The Kier molecular flexibility index (Phi) is 8.54. The van der Waals surface area contributed by atoms with Crippen molar-refractivity contribution >= 4 is 11.9 Å². The molecule has 1 rings (SSSR count). The summed E-state index contributed by atoms with van der Waals surface area (Å²) in [6.07, 6.45) is 1.20. The van der Waals surface area contributed by atoms with Crippen LogP contribution in [0.5, 0.6) is 0 Å². The molecule has 3 atom stereocenters. The Morgan fingerprint density at radius 2 is 1.73 bits per heavy atom. The highest BCUT2D eigenvalue weighted by molar-refractivity contribution is 5.82. The number of likely N-dealkylation sites (N-methyl/N-ethyl adjacent to an activating group) is 1. The van der Waals surface area contributed by atoms with Crippen LogP contribution in [0.3, 0.4) is 0 Å². The molecule has 0 aromatic heterocycles. The first-order chi connectivity index (χ1) is 11.9. The van der Waals surface area contributed by atoms with Crippen LogP contribution in [0.2, 0.25) is 0 Å². The lowest BCUT2D eigenvalue weighted by molar-refractivity contribution is -0.155. The van der Waals surface area contributed by atoms with Gasteiger partial charge in [0.2, 0.25) is 5.91 Å². The number of ether oxygens (including phenoxy) is 2. The SMILES string of the molecule is CC1CN(C(C(=O)N(C)CCCC(=O)OC(C)(C)C)C(C)C)CC(C)O1. The van der Waals surface area contributed by atoms with E-state index >= 15 is 0 Å². The van der Waals surface area contributed by atoms with Crippen LogP contribution in [0.4, 0.5) is 0 Å². The van der Waals surface area contributed by atoms with Crippen LogP contribution in [0.15, 0.2) is 0 Å². The average molecular weight is 371 g/mol. The lowest BCUT2D eigenvalue weighted by Gasteiger charge is -2.42. The Balaban J connectivity index is 2.58. The maximum Gasteiger partial charge on any atom is 0.306 e. The van der Waals surface area contributed by atoms with Crippen LogP contribution in [0.1, 0.15) is 61.3 Å². The summed E-state index contributed by atoms with van der Waals surface area (Å²) in [6.45, 7) is 15.9. The van der Waals surface area contributed by atoms with Gasteiger partial charge in [0.25, 0.3) is 0 Å². The normalized spacial score (nSPS) is 23.0. The predicted molar refractivity (Wildman–Crippen MR) is 103 cm³/mol. The van der Waals surface area contributed by atoms with Gasteiger partial charge in [0.15, 0.2) is 0 Å². The van der Waals surface area contributed by atoms with Gasteiger partial charge in [-0.2, -0.15) is 0 Å². The molecular formula is C20H38N2O4. The molecule has 1 fully saturated rings. The number of esters is 1. The number of nitrogens with zero attached hydrogens (tertiary/aromatic N) is 2. The molecule has 26 heavy (non-hydrogen) atoms. The third-order valence-corrected chi connectivity index (χ3v) is 4.40. The first-order valence-corrected chi connectivity index (χ1v) is 9.77. The van der Waals surface area contributed by atoms with Crippen LogP contribution in [-0.4, -0.2) is 72.2 Å². The summed E-state index contributed by atoms with van der Waals surface area (Å²) in [7, 11) is 1.82. The summed E-state index contributed by atoms with van der Waals surface area (Å²) < 4.78 is 11.1. The Hall–Kier alpha value is -1.14. The van der Waals surface area contributed by atoms with Gasteiger partial charge < -0.3 is 14.4 Å². The fourth-order valence-corrected chi connectivity index (χ4v) is 3.50. The third kappa shape index (κ3) is 7.62. The predicted octanol–water partition coefficient (Wildman–Crippen LogP) is 2.70. The molecule has 0 aromatic carbocycles. The number of carbonyl (C=O) groups excluding carboxylic acids is 2. The molecule has 1 amide bonds. The summed E-state index contributed by atoms with van der Waals surface area (Å²) >= 11 is 0. The van der Waals surface area contributed by atoms with E-state index in [9.17, 15) is 9.59 Å². The minimum Gasteiger partial charge on any atom is -0.460 e. The lowest BCUT2D eigenvalue weighted by atomic mass is 9.99. The van der Waals surface area contributed by atoms with Gasteiger partial charge in [0, 0.05) is 33.1 Å². The lowest BCUT2D eigenvalue weighted by Crippen LogP contribution is -2.57. The summed E-state index contributed by atoms with van der Waals surface area (Å²) in [5, 5.41) is 0. The summed E-state index contributed by atoms with van der Waals surface area (Å²) in [5.74, 6) is 0.119. The molecule has 0 N–H and O–H groups in total. The summed E-state index contributed by atoms with van der Waals surface area (Å²) in [4.78, 5) is 28.8. The van der Waals surface area contributed by atoms with Crippen molar-refractivity contribution in [3.63, 3.8) is 0 Å². The van der Waals surface area contributed by atoms with Crippen LogP contribution in [0, 0.1) is 5.92 Å². The number of hydrogen-bond donors (Lipinski definition) is 0. The van der Waals surface area contributed by atoms with Crippen molar-refractivity contribution < 1.29 is 19.1 Å². The Labute approximate surface area is 159 Å². The average Bonchev–Trinajstić information content (AvgIpc) is 2.43. The maximum absolute atomic E-state index is 13.0. The smallest absolute Gasteiger partial charge is 0.306 e. The van der Waals surface area contributed by atoms with E-state index < -0.39 is 5.60 Å². The topological polar surface area (TPSA) is 59.1 Å². The third-order valence-electron chi connectivity index (χ3n) is 4.40. The molecule has 0 spiro atoms. The van der Waals surface area contributed by atoms with Gasteiger partial charge in [-0.1, -0.05) is 13.8 Å². The number of carbonyl (C=O) groups is 2. The molecule has 1 aliphatic heterocycles. The van der Waals surface area contributed by atoms with Crippen molar-refractivity contribution in [3.8, 4) is 0 Å². The van der Waals surface area contributed by atoms with E-state index in [2.05, 4.69) is 32.6 Å². The van der Waals surface area contributed by atoms with Crippen molar-refractivity contribution in [2.75, 3.05) is 26.7 Å². The van der Waals surface area contributed by atoms with E-state index in [-0.39, 0.29) is 36.0 Å². The van der Waals surface area contributed by atoms with E-state index in [1.807, 2.05) is 27.8 Å². The van der Waals surface area contributed by atoms with Gasteiger partial charge >= 0.3 is 5.97 Å². The van der Waals surface area contributed by atoms with Gasteiger partial charge in [-0.25, -0.2) is 0 Å². The first kappa shape index (κ1) is 22.9. The fraction of sp³-hybridized carbons (Fsp3) is 0.900. The summed E-state index contributed by atoms with van der Waals surface area (Å²) in [6, 6.07) is -0.157. The largest absolute Gasteiger partial charge is 0.460 e. The van der Waals surface area contributed by atoms with E-state index in [0.717, 1.165) is 13.1 Å². The van der Waals surface area contributed by atoms with E-state index in [4.69, 9.17) is 9.47 Å². The minimum atomic E-state index is -0.467. The number of rotatable bonds is 7. The highest BCUT2D eigenvalue weighted by Gasteiger charge is 2.35. The summed E-state index contributed by atoms with van der Waals surface area (Å²) in [5.41, 5.74) is -0.467. The van der Waals surface area contributed by atoms with E-state index in [0.29, 0.717) is 19.4 Å². The Morgan fingerprint density at radius 3 is 2.19 bits per heavy atom. The van der Waals surface area contributed by atoms with Crippen LogP contribution in [-0.2, 0) is 19.1 Å². The Bertz CT molecular complexity index is 463. The van der Waals surface area contributed by atoms with Gasteiger partial charge in [-0.05, 0) is 47.0 Å². The van der Waals surface area contributed by atoms with Gasteiger partial charge in [0.1, 0.15) is 5.60 Å². The van der Waals surface area contributed by atoms with Crippen molar-refractivity contribution in [3.05, 3.63) is 0 Å². The first-order valence-electron chi connectivity index (χ1n) is 9.77. The molecule has 0 bridgehead atoms. The van der Waals surface area contributed by atoms with Crippen molar-refractivity contribution in [1.82, 2.24) is 9.80 Å². The van der Waals surface area contributed by atoms with Crippen molar-refractivity contribution in [2.24, 2.45) is 5.92 Å². The molecule has 0 saturated carbocycles. The van der Waals surface area contributed by atoms with E-state index in [1.54, 1.807) is 4.90 Å². The molecule has 1 aliphatic rings. The number of morpholine rings is 1. The maximum atomic E-state index is 13.0. The highest BCUT2D eigenvalue weighted by Crippen LogP contribution is 2.20. The molecule has 0 aromatic rings. The molecule has 152 valence electrons. The molecule has 6 nitrogen and oxygen atoms in total. The zero-order valence-corrected chi connectivity index (χ0v) is 17.9. The van der Waals surface area contributed by atoms with Crippen LogP contribution in [0.25, 0.3) is 0 Å². The van der Waals surface area contributed by atoms with Crippen LogP contribution >= 0.6 is 0 Å². The molecular weight excluding hydrogens is 332 g/mol. The molecule has 6 heteroatoms. The molecule has 0 radical (unpaired) electrons. The monoisotopic (exact) mass is 370 g/mol. The highest BCUT2D eigenvalue weighted by atomic mass is 16.6. The molecule has 1 saturated heterocycles. The standard InChI is InChI=1S/C20H38N2O4/c1-14(2)18(22-12-15(3)25-16(4)13-22)19(24)21(8)11-9-10-17(23)26-20(5,6)7/h14-16,18H,9-13H2,1-8H3. The zero-order valence-electron chi connectivity index (χ0n) is 17.9.